The molecule has 9 heteroatoms. The van der Waals surface area contributed by atoms with Crippen LogP contribution in [-0.2, 0) is 14.4 Å². The van der Waals surface area contributed by atoms with Gasteiger partial charge in [0.2, 0.25) is 0 Å². The van der Waals surface area contributed by atoms with Crippen LogP contribution in [0, 0.1) is 17.2 Å². The maximum atomic E-state index is 12.3. The van der Waals surface area contributed by atoms with Crippen LogP contribution in [0.1, 0.15) is 34.1 Å². The third-order valence-electron chi connectivity index (χ3n) is 3.29. The van der Waals surface area contributed by atoms with Gasteiger partial charge >= 0.3 is 12.1 Å². The molecule has 0 aliphatic carbocycles. The predicted octanol–water partition coefficient (Wildman–Crippen LogP) is 1.77. The van der Waals surface area contributed by atoms with Crippen LogP contribution in [0.25, 0.3) is 0 Å². The summed E-state index contributed by atoms with van der Waals surface area (Å²) in [5.74, 6) is -3.56. The summed E-state index contributed by atoms with van der Waals surface area (Å²) in [6.45, 7) is 3.35. The first-order valence-electron chi connectivity index (χ1n) is 6.45. The second-order valence-corrected chi connectivity index (χ2v) is 4.77. The van der Waals surface area contributed by atoms with E-state index in [0.29, 0.717) is 6.42 Å². The number of rotatable bonds is 4. The number of nitrogens with one attached hydrogen (secondary N) is 1. The predicted molar refractivity (Wildman–Crippen MR) is 71.0 cm³/mol. The first-order valence-corrected chi connectivity index (χ1v) is 6.45. The molecule has 1 aliphatic heterocycles. The van der Waals surface area contributed by atoms with Gasteiger partial charge in [-0.1, -0.05) is 27.7 Å². The highest BCUT2D eigenvalue weighted by molar-refractivity contribution is 5.90. The fourth-order valence-electron chi connectivity index (χ4n) is 1.85. The topological polar surface area (TPSA) is 82.4 Å². The fraction of sp³-hybridized carbons (Fsp3) is 0.769. The van der Waals surface area contributed by atoms with Crippen LogP contribution in [0.4, 0.5) is 13.2 Å². The SMILES string of the molecule is C.CCC(C)[C@H](NC(=O)C(F)(F)F)C(=O)N1OCCC1C#N. The lowest BCUT2D eigenvalue weighted by Gasteiger charge is -2.28. The van der Waals surface area contributed by atoms with E-state index in [-0.39, 0.29) is 20.5 Å². The zero-order chi connectivity index (χ0) is 16.2. The monoisotopic (exact) mass is 323 g/mol. The first kappa shape index (κ1) is 20.2. The molecule has 0 spiro atoms. The highest BCUT2D eigenvalue weighted by Gasteiger charge is 2.44. The van der Waals surface area contributed by atoms with E-state index >= 15 is 0 Å². The molecule has 126 valence electrons. The molecule has 0 aromatic heterocycles. The van der Waals surface area contributed by atoms with Crippen molar-refractivity contribution in [2.75, 3.05) is 6.61 Å². The highest BCUT2D eigenvalue weighted by Crippen LogP contribution is 2.21. The number of carbonyl (C=O) groups is 2. The molecule has 0 bridgehead atoms. The maximum absolute atomic E-state index is 12.3. The Hall–Kier alpha value is -1.82. The van der Waals surface area contributed by atoms with Crippen LogP contribution in [0.3, 0.4) is 0 Å². The summed E-state index contributed by atoms with van der Waals surface area (Å²) in [7, 11) is 0. The Morgan fingerprint density at radius 2 is 2.09 bits per heavy atom. The summed E-state index contributed by atoms with van der Waals surface area (Å²) in [6.07, 6.45) is -4.42. The average molecular weight is 323 g/mol. The van der Waals surface area contributed by atoms with Gasteiger partial charge in [-0.15, -0.1) is 0 Å². The number of halogens is 3. The van der Waals surface area contributed by atoms with E-state index in [1.54, 1.807) is 12.2 Å². The first-order chi connectivity index (χ1) is 9.72. The number of amides is 2. The summed E-state index contributed by atoms with van der Waals surface area (Å²) < 4.78 is 37.0. The molecular formula is C13H20F3N3O3. The van der Waals surface area contributed by atoms with Crippen molar-refractivity contribution in [2.45, 2.75) is 52.4 Å². The Morgan fingerprint density at radius 3 is 2.55 bits per heavy atom. The van der Waals surface area contributed by atoms with Gasteiger partial charge in [0.05, 0.1) is 12.7 Å². The second kappa shape index (κ2) is 7.98. The zero-order valence-electron chi connectivity index (χ0n) is 11.6. The number of nitrogens with zero attached hydrogens (tertiary/aromatic N) is 2. The average Bonchev–Trinajstić information content (AvgIpc) is 2.90. The van der Waals surface area contributed by atoms with Gasteiger partial charge in [-0.3, -0.25) is 14.4 Å². The van der Waals surface area contributed by atoms with E-state index in [2.05, 4.69) is 0 Å². The van der Waals surface area contributed by atoms with Gasteiger partial charge in [0.25, 0.3) is 5.91 Å². The summed E-state index contributed by atoms with van der Waals surface area (Å²) >= 11 is 0. The summed E-state index contributed by atoms with van der Waals surface area (Å²) in [4.78, 5) is 28.3. The lowest BCUT2D eigenvalue weighted by molar-refractivity contribution is -0.183. The van der Waals surface area contributed by atoms with E-state index < -0.39 is 36.0 Å². The lowest BCUT2D eigenvalue weighted by atomic mass is 9.97. The molecule has 3 atom stereocenters. The number of nitriles is 1. The summed E-state index contributed by atoms with van der Waals surface area (Å²) in [6, 6.07) is -0.410. The minimum absolute atomic E-state index is 0. The van der Waals surface area contributed by atoms with Gasteiger partial charge in [0.15, 0.2) is 0 Å². The lowest BCUT2D eigenvalue weighted by Crippen LogP contribution is -2.54. The Labute approximate surface area is 127 Å². The molecular weight excluding hydrogens is 303 g/mol. The minimum atomic E-state index is -5.08. The van der Waals surface area contributed by atoms with Crippen molar-refractivity contribution >= 4 is 11.8 Å². The van der Waals surface area contributed by atoms with Crippen LogP contribution in [0.5, 0.6) is 0 Å². The quantitative estimate of drug-likeness (QED) is 0.855. The van der Waals surface area contributed by atoms with Gasteiger partial charge in [0.1, 0.15) is 12.1 Å². The van der Waals surface area contributed by atoms with Crippen molar-refractivity contribution < 1.29 is 27.6 Å². The zero-order valence-corrected chi connectivity index (χ0v) is 11.6. The molecule has 22 heavy (non-hydrogen) atoms. The molecule has 1 saturated heterocycles. The van der Waals surface area contributed by atoms with Crippen molar-refractivity contribution in [3.05, 3.63) is 0 Å². The van der Waals surface area contributed by atoms with Gasteiger partial charge in [0, 0.05) is 6.42 Å². The Morgan fingerprint density at radius 1 is 1.50 bits per heavy atom. The molecule has 1 aliphatic rings. The summed E-state index contributed by atoms with van der Waals surface area (Å²) in [5.41, 5.74) is 0. The highest BCUT2D eigenvalue weighted by atomic mass is 19.4. The van der Waals surface area contributed by atoms with E-state index in [9.17, 15) is 22.8 Å². The standard InChI is InChI=1S/C12H16F3N3O3.CH4/c1-3-7(2)9(17-11(20)12(13,14)15)10(19)18-8(6-16)4-5-21-18;/h7-9H,3-5H2,1-2H3,(H,17,20);1H4/t7?,8?,9-;/m0./s1. The molecule has 0 aromatic rings. The third-order valence-corrected chi connectivity index (χ3v) is 3.29. The van der Waals surface area contributed by atoms with Crippen molar-refractivity contribution in [1.82, 2.24) is 10.4 Å². The maximum Gasteiger partial charge on any atom is 0.471 e. The number of hydrogen-bond acceptors (Lipinski definition) is 4. The molecule has 0 radical (unpaired) electrons. The molecule has 2 unspecified atom stereocenters. The molecule has 2 amide bonds. The van der Waals surface area contributed by atoms with Gasteiger partial charge in [-0.05, 0) is 5.92 Å². The molecule has 0 aromatic carbocycles. The fourth-order valence-corrected chi connectivity index (χ4v) is 1.85. The van der Waals surface area contributed by atoms with Crippen LogP contribution >= 0.6 is 0 Å². The smallest absolute Gasteiger partial charge is 0.336 e. The molecule has 1 heterocycles. The van der Waals surface area contributed by atoms with Crippen molar-refractivity contribution in [1.29, 1.82) is 5.26 Å². The van der Waals surface area contributed by atoms with Crippen LogP contribution in [0.2, 0.25) is 0 Å². The van der Waals surface area contributed by atoms with Crippen molar-refractivity contribution in [3.8, 4) is 6.07 Å². The van der Waals surface area contributed by atoms with Crippen LogP contribution in [0.15, 0.2) is 0 Å². The Balaban J connectivity index is 0.00000441. The molecule has 1 N–H and O–H groups in total. The van der Waals surface area contributed by atoms with Gasteiger partial charge in [-0.25, -0.2) is 5.06 Å². The van der Waals surface area contributed by atoms with Crippen LogP contribution in [-0.4, -0.2) is 41.7 Å². The normalized spacial score (nSPS) is 20.5. The van der Waals surface area contributed by atoms with E-state index in [1.165, 1.54) is 6.92 Å². The molecule has 1 rings (SSSR count). The second-order valence-electron chi connectivity index (χ2n) is 4.77. The largest absolute Gasteiger partial charge is 0.471 e. The third kappa shape index (κ3) is 4.59. The molecule has 6 nitrogen and oxygen atoms in total. The van der Waals surface area contributed by atoms with Crippen molar-refractivity contribution in [2.24, 2.45) is 5.92 Å². The number of alkyl halides is 3. The number of hydrogen-bond donors (Lipinski definition) is 1. The Kier molecular flexibility index (Phi) is 7.32. The molecule has 1 fully saturated rings. The summed E-state index contributed by atoms with van der Waals surface area (Å²) in [5, 5.41) is 11.3. The van der Waals surface area contributed by atoms with Crippen LogP contribution < -0.4 is 5.32 Å². The van der Waals surface area contributed by atoms with Crippen molar-refractivity contribution in [3.63, 3.8) is 0 Å². The Bertz CT molecular complexity index is 448. The van der Waals surface area contributed by atoms with E-state index in [0.717, 1.165) is 5.06 Å². The molecule has 0 saturated carbocycles. The minimum Gasteiger partial charge on any atom is -0.336 e. The number of hydroxylamine groups is 2. The number of carbonyl (C=O) groups excluding carboxylic acids is 2. The van der Waals surface area contributed by atoms with E-state index in [4.69, 9.17) is 10.1 Å². The van der Waals surface area contributed by atoms with Gasteiger partial charge in [-0.2, -0.15) is 18.4 Å². The van der Waals surface area contributed by atoms with E-state index in [1.807, 2.05) is 6.07 Å². The van der Waals surface area contributed by atoms with Gasteiger partial charge < -0.3 is 5.32 Å².